The van der Waals surface area contributed by atoms with Crippen LogP contribution in [0.3, 0.4) is 0 Å². The highest BCUT2D eigenvalue weighted by molar-refractivity contribution is 4.76. The van der Waals surface area contributed by atoms with Crippen molar-refractivity contribution in [3.63, 3.8) is 0 Å². The Labute approximate surface area is 74.9 Å². The summed E-state index contributed by atoms with van der Waals surface area (Å²) in [5.74, 6) is 0.999. The zero-order chi connectivity index (χ0) is 8.97. The van der Waals surface area contributed by atoms with E-state index in [9.17, 15) is 5.11 Å². The zero-order valence-electron chi connectivity index (χ0n) is 8.12. The lowest BCUT2D eigenvalue weighted by molar-refractivity contribution is -0.0324. The monoisotopic (exact) mass is 172 g/mol. The van der Waals surface area contributed by atoms with Gasteiger partial charge in [-0.05, 0) is 24.7 Å². The predicted octanol–water partition coefficient (Wildman–Crippen LogP) is 1.82. The Hall–Kier alpha value is -0.0800. The molecule has 2 nitrogen and oxygen atoms in total. The van der Waals surface area contributed by atoms with Gasteiger partial charge in [-0.1, -0.05) is 20.3 Å². The molecule has 0 aromatic carbocycles. The fraction of sp³-hybridized carbons (Fsp3) is 1.00. The molecular formula is C10H20O2. The van der Waals surface area contributed by atoms with Gasteiger partial charge in [-0.15, -0.1) is 0 Å². The summed E-state index contributed by atoms with van der Waals surface area (Å²) < 4.78 is 5.33. The van der Waals surface area contributed by atoms with E-state index in [1.54, 1.807) is 0 Å². The molecule has 2 heteroatoms. The molecule has 1 heterocycles. The van der Waals surface area contributed by atoms with E-state index in [1.807, 2.05) is 0 Å². The molecule has 1 aliphatic heterocycles. The second kappa shape index (κ2) is 4.83. The molecule has 0 aromatic heterocycles. The summed E-state index contributed by atoms with van der Waals surface area (Å²) in [6.07, 6.45) is 2.94. The van der Waals surface area contributed by atoms with Gasteiger partial charge in [0.15, 0.2) is 0 Å². The van der Waals surface area contributed by atoms with Crippen molar-refractivity contribution in [1.82, 2.24) is 0 Å². The Morgan fingerprint density at radius 2 is 2.33 bits per heavy atom. The molecule has 0 radical (unpaired) electrons. The van der Waals surface area contributed by atoms with Gasteiger partial charge in [0.1, 0.15) is 0 Å². The van der Waals surface area contributed by atoms with Crippen LogP contribution >= 0.6 is 0 Å². The van der Waals surface area contributed by atoms with Crippen molar-refractivity contribution in [2.45, 2.75) is 39.2 Å². The molecule has 3 atom stereocenters. The third-order valence-corrected chi connectivity index (χ3v) is 2.79. The van der Waals surface area contributed by atoms with Crippen LogP contribution in [0.25, 0.3) is 0 Å². The van der Waals surface area contributed by atoms with E-state index in [0.29, 0.717) is 11.8 Å². The molecule has 12 heavy (non-hydrogen) atoms. The van der Waals surface area contributed by atoms with Crippen LogP contribution in [-0.4, -0.2) is 24.4 Å². The number of aliphatic hydroxyl groups excluding tert-OH is 1. The van der Waals surface area contributed by atoms with E-state index in [4.69, 9.17) is 4.74 Å². The summed E-state index contributed by atoms with van der Waals surface area (Å²) in [6, 6.07) is 0. The Morgan fingerprint density at radius 1 is 1.58 bits per heavy atom. The van der Waals surface area contributed by atoms with E-state index in [-0.39, 0.29) is 6.10 Å². The number of ether oxygens (including phenoxy) is 1. The molecule has 72 valence electrons. The minimum absolute atomic E-state index is 0.103. The van der Waals surface area contributed by atoms with Gasteiger partial charge in [-0.2, -0.15) is 0 Å². The zero-order valence-corrected chi connectivity index (χ0v) is 8.12. The Morgan fingerprint density at radius 3 is 2.92 bits per heavy atom. The second-order valence-corrected chi connectivity index (χ2v) is 3.86. The molecule has 1 aliphatic rings. The molecule has 0 aromatic rings. The molecule has 0 saturated carbocycles. The van der Waals surface area contributed by atoms with E-state index >= 15 is 0 Å². The minimum Gasteiger partial charge on any atom is -0.393 e. The molecule has 3 unspecified atom stereocenters. The van der Waals surface area contributed by atoms with Crippen LogP contribution in [0.5, 0.6) is 0 Å². The number of hydrogen-bond donors (Lipinski definition) is 1. The molecule has 0 bridgehead atoms. The SMILES string of the molecule is CCCC(O)C1CCOCC1C. The van der Waals surface area contributed by atoms with E-state index in [2.05, 4.69) is 13.8 Å². The van der Waals surface area contributed by atoms with Crippen molar-refractivity contribution in [3.05, 3.63) is 0 Å². The third kappa shape index (κ3) is 2.46. The summed E-state index contributed by atoms with van der Waals surface area (Å²) in [7, 11) is 0. The minimum atomic E-state index is -0.103. The van der Waals surface area contributed by atoms with Gasteiger partial charge < -0.3 is 9.84 Å². The first-order valence-corrected chi connectivity index (χ1v) is 5.01. The summed E-state index contributed by atoms with van der Waals surface area (Å²) in [5, 5.41) is 9.79. The van der Waals surface area contributed by atoms with Crippen LogP contribution in [0.15, 0.2) is 0 Å². The van der Waals surface area contributed by atoms with Crippen LogP contribution < -0.4 is 0 Å². The molecule has 1 rings (SSSR count). The van der Waals surface area contributed by atoms with Gasteiger partial charge in [0.05, 0.1) is 6.10 Å². The number of rotatable bonds is 3. The van der Waals surface area contributed by atoms with Crippen LogP contribution in [0, 0.1) is 11.8 Å². The maximum Gasteiger partial charge on any atom is 0.0572 e. The van der Waals surface area contributed by atoms with Crippen LogP contribution in [-0.2, 0) is 4.74 Å². The topological polar surface area (TPSA) is 29.5 Å². The fourth-order valence-corrected chi connectivity index (χ4v) is 1.98. The molecular weight excluding hydrogens is 152 g/mol. The lowest BCUT2D eigenvalue weighted by atomic mass is 9.83. The highest BCUT2D eigenvalue weighted by Gasteiger charge is 2.27. The van der Waals surface area contributed by atoms with Gasteiger partial charge in [0, 0.05) is 13.2 Å². The third-order valence-electron chi connectivity index (χ3n) is 2.79. The van der Waals surface area contributed by atoms with Gasteiger partial charge in [0.2, 0.25) is 0 Å². The standard InChI is InChI=1S/C10H20O2/c1-3-4-10(11)9-5-6-12-7-8(9)2/h8-11H,3-7H2,1-2H3. The van der Waals surface area contributed by atoms with E-state index in [1.165, 1.54) is 0 Å². The lowest BCUT2D eigenvalue weighted by Crippen LogP contribution is -2.34. The average Bonchev–Trinajstić information content (AvgIpc) is 2.05. The predicted molar refractivity (Wildman–Crippen MR) is 49.0 cm³/mol. The van der Waals surface area contributed by atoms with Gasteiger partial charge in [-0.25, -0.2) is 0 Å². The maximum atomic E-state index is 9.79. The van der Waals surface area contributed by atoms with Crippen molar-refractivity contribution in [2.24, 2.45) is 11.8 Å². The maximum absolute atomic E-state index is 9.79. The second-order valence-electron chi connectivity index (χ2n) is 3.86. The average molecular weight is 172 g/mol. The van der Waals surface area contributed by atoms with Crippen molar-refractivity contribution in [2.75, 3.05) is 13.2 Å². The van der Waals surface area contributed by atoms with E-state index in [0.717, 1.165) is 32.5 Å². The van der Waals surface area contributed by atoms with Gasteiger partial charge >= 0.3 is 0 Å². The molecule has 1 N–H and O–H groups in total. The first kappa shape index (κ1) is 10.0. The van der Waals surface area contributed by atoms with Crippen LogP contribution in [0.1, 0.15) is 33.1 Å². The largest absolute Gasteiger partial charge is 0.393 e. The lowest BCUT2D eigenvalue weighted by Gasteiger charge is -2.32. The van der Waals surface area contributed by atoms with Crippen LogP contribution in [0.2, 0.25) is 0 Å². The van der Waals surface area contributed by atoms with Crippen molar-refractivity contribution in [1.29, 1.82) is 0 Å². The molecule has 0 amide bonds. The quantitative estimate of drug-likeness (QED) is 0.703. The molecule has 0 spiro atoms. The first-order valence-electron chi connectivity index (χ1n) is 5.01. The van der Waals surface area contributed by atoms with Crippen molar-refractivity contribution >= 4 is 0 Å². The van der Waals surface area contributed by atoms with Crippen molar-refractivity contribution in [3.8, 4) is 0 Å². The Kier molecular flexibility index (Phi) is 4.02. The van der Waals surface area contributed by atoms with Crippen LogP contribution in [0.4, 0.5) is 0 Å². The summed E-state index contributed by atoms with van der Waals surface area (Å²) in [5.41, 5.74) is 0. The van der Waals surface area contributed by atoms with Gasteiger partial charge in [-0.3, -0.25) is 0 Å². The molecule has 0 aliphatic carbocycles. The normalized spacial score (nSPS) is 33.2. The number of hydrogen-bond acceptors (Lipinski definition) is 2. The first-order chi connectivity index (χ1) is 5.75. The highest BCUT2D eigenvalue weighted by atomic mass is 16.5. The summed E-state index contributed by atoms with van der Waals surface area (Å²) in [6.45, 7) is 5.94. The number of aliphatic hydroxyl groups is 1. The summed E-state index contributed by atoms with van der Waals surface area (Å²) in [4.78, 5) is 0. The summed E-state index contributed by atoms with van der Waals surface area (Å²) >= 11 is 0. The molecule has 1 saturated heterocycles. The van der Waals surface area contributed by atoms with E-state index < -0.39 is 0 Å². The fourth-order valence-electron chi connectivity index (χ4n) is 1.98. The Balaban J connectivity index is 2.36. The molecule has 1 fully saturated rings. The van der Waals surface area contributed by atoms with Crippen molar-refractivity contribution < 1.29 is 9.84 Å². The van der Waals surface area contributed by atoms with Gasteiger partial charge in [0.25, 0.3) is 0 Å². The Bertz CT molecular complexity index is 125. The smallest absolute Gasteiger partial charge is 0.0572 e. The highest BCUT2D eigenvalue weighted by Crippen LogP contribution is 2.26.